The maximum Gasteiger partial charge on any atom is 0.261 e. The van der Waals surface area contributed by atoms with Gasteiger partial charge in [0.25, 0.3) is 5.91 Å². The Balaban J connectivity index is 1.92. The molecular weight excluding hydrogens is 262 g/mol. The van der Waals surface area contributed by atoms with E-state index in [1.165, 1.54) is 9.40 Å². The number of unbranched alkanes of at least 4 members (excludes halogenated alkanes) is 1. The summed E-state index contributed by atoms with van der Waals surface area (Å²) in [4.78, 5) is 12.5. The Morgan fingerprint density at radius 3 is 3.00 bits per heavy atom. The van der Waals surface area contributed by atoms with E-state index in [0.717, 1.165) is 17.7 Å². The quantitative estimate of drug-likeness (QED) is 0.653. The Morgan fingerprint density at radius 2 is 2.25 bits per heavy atom. The molecule has 5 heteroatoms. The van der Waals surface area contributed by atoms with Crippen molar-refractivity contribution >= 4 is 49.6 Å². The summed E-state index contributed by atoms with van der Waals surface area (Å²) in [7, 11) is 0. The first-order valence-corrected chi connectivity index (χ1v) is 7.35. The summed E-state index contributed by atoms with van der Waals surface area (Å²) in [6.07, 6.45) is 1.89. The summed E-state index contributed by atoms with van der Waals surface area (Å²) in [6, 6.07) is 4.01. The van der Waals surface area contributed by atoms with Crippen LogP contribution in [0.15, 0.2) is 17.5 Å². The van der Waals surface area contributed by atoms with Gasteiger partial charge >= 0.3 is 0 Å². The lowest BCUT2D eigenvalue weighted by Gasteiger charge is -2.01. The second-order valence-electron chi connectivity index (χ2n) is 3.41. The molecule has 1 amide bonds. The maximum atomic E-state index is 11.7. The smallest absolute Gasteiger partial charge is 0.261 e. The third-order valence-electron chi connectivity index (χ3n) is 2.21. The van der Waals surface area contributed by atoms with E-state index >= 15 is 0 Å². The molecule has 0 saturated heterocycles. The van der Waals surface area contributed by atoms with Gasteiger partial charge in [-0.1, -0.05) is 0 Å². The molecule has 0 unspecified atom stereocenters. The second kappa shape index (κ2) is 5.66. The van der Waals surface area contributed by atoms with E-state index in [2.05, 4.69) is 11.4 Å². The van der Waals surface area contributed by atoms with Crippen molar-refractivity contribution in [3.05, 3.63) is 22.4 Å². The number of hydrogen-bond donors (Lipinski definition) is 1. The predicted octanol–water partition coefficient (Wildman–Crippen LogP) is 3.71. The number of fused-ring (bicyclic) bond motifs is 1. The molecule has 2 nitrogen and oxygen atoms in total. The molecule has 0 saturated carbocycles. The number of amides is 1. The molecule has 2 aromatic heterocycles. The Morgan fingerprint density at radius 1 is 1.38 bits per heavy atom. The highest BCUT2D eigenvalue weighted by atomic mass is 35.5. The van der Waals surface area contributed by atoms with E-state index in [-0.39, 0.29) is 5.91 Å². The molecule has 0 bridgehead atoms. The lowest BCUT2D eigenvalue weighted by Crippen LogP contribution is -2.23. The highest BCUT2D eigenvalue weighted by Gasteiger charge is 2.09. The average molecular weight is 274 g/mol. The molecular formula is C11H12ClNOS2. The first-order valence-electron chi connectivity index (χ1n) is 5.12. The fourth-order valence-electron chi connectivity index (χ4n) is 1.39. The third kappa shape index (κ3) is 2.75. The van der Waals surface area contributed by atoms with Crippen LogP contribution in [0.25, 0.3) is 9.40 Å². The lowest BCUT2D eigenvalue weighted by molar-refractivity contribution is 0.0957. The van der Waals surface area contributed by atoms with Gasteiger partial charge in [0.05, 0.1) is 4.88 Å². The molecule has 86 valence electrons. The number of hydrogen-bond acceptors (Lipinski definition) is 3. The maximum absolute atomic E-state index is 11.7. The molecule has 16 heavy (non-hydrogen) atoms. The van der Waals surface area contributed by atoms with E-state index in [4.69, 9.17) is 11.6 Å². The van der Waals surface area contributed by atoms with Gasteiger partial charge in [-0.3, -0.25) is 4.79 Å². The summed E-state index contributed by atoms with van der Waals surface area (Å²) in [6.45, 7) is 0.705. The summed E-state index contributed by atoms with van der Waals surface area (Å²) in [5, 5.41) is 4.95. The lowest BCUT2D eigenvalue weighted by atomic mass is 10.3. The molecule has 0 aliphatic carbocycles. The zero-order chi connectivity index (χ0) is 11.4. The Hall–Kier alpha value is -0.580. The topological polar surface area (TPSA) is 29.1 Å². The van der Waals surface area contributed by atoms with Crippen LogP contribution >= 0.6 is 34.3 Å². The van der Waals surface area contributed by atoms with Crippen molar-refractivity contribution in [3.8, 4) is 0 Å². The first-order chi connectivity index (χ1) is 7.81. The number of thiophene rings is 2. The van der Waals surface area contributed by atoms with Crippen LogP contribution in [0.3, 0.4) is 0 Å². The molecule has 0 atom stereocenters. The van der Waals surface area contributed by atoms with E-state index in [9.17, 15) is 4.79 Å². The van der Waals surface area contributed by atoms with Gasteiger partial charge in [0.2, 0.25) is 0 Å². The average Bonchev–Trinajstić information content (AvgIpc) is 2.83. The molecule has 0 fully saturated rings. The van der Waals surface area contributed by atoms with Crippen LogP contribution in [0.5, 0.6) is 0 Å². The van der Waals surface area contributed by atoms with Gasteiger partial charge in [0.15, 0.2) is 0 Å². The van der Waals surface area contributed by atoms with Crippen LogP contribution in [0, 0.1) is 0 Å². The van der Waals surface area contributed by atoms with E-state index in [1.807, 2.05) is 11.4 Å². The highest BCUT2D eigenvalue weighted by molar-refractivity contribution is 7.27. The zero-order valence-electron chi connectivity index (χ0n) is 8.66. The SMILES string of the molecule is O=C(NCCCCCl)c1cc2sccc2s1. The van der Waals surface area contributed by atoms with E-state index in [1.54, 1.807) is 22.7 Å². The minimum Gasteiger partial charge on any atom is -0.351 e. The first kappa shape index (κ1) is 11.9. The van der Waals surface area contributed by atoms with Crippen LogP contribution in [0.1, 0.15) is 22.5 Å². The van der Waals surface area contributed by atoms with E-state index < -0.39 is 0 Å². The molecule has 2 heterocycles. The fraction of sp³-hybridized carbons (Fsp3) is 0.364. The van der Waals surface area contributed by atoms with E-state index in [0.29, 0.717) is 12.4 Å². The van der Waals surface area contributed by atoms with Crippen molar-refractivity contribution in [1.82, 2.24) is 5.32 Å². The molecule has 0 spiro atoms. The second-order valence-corrected chi connectivity index (χ2v) is 5.82. The largest absolute Gasteiger partial charge is 0.351 e. The Kier molecular flexibility index (Phi) is 4.21. The van der Waals surface area contributed by atoms with Gasteiger partial charge in [-0.25, -0.2) is 0 Å². The number of alkyl halides is 1. The van der Waals surface area contributed by atoms with Crippen LogP contribution in [-0.2, 0) is 0 Å². The monoisotopic (exact) mass is 273 g/mol. The fourth-order valence-corrected chi connectivity index (χ4v) is 3.60. The molecule has 0 radical (unpaired) electrons. The molecule has 0 aromatic carbocycles. The number of carbonyl (C=O) groups excluding carboxylic acids is 1. The molecule has 0 aliphatic heterocycles. The van der Waals surface area contributed by atoms with Gasteiger partial charge in [0, 0.05) is 21.8 Å². The number of halogens is 1. The standard InChI is InChI=1S/C11H12ClNOS2/c12-4-1-2-5-13-11(14)10-7-9-8(16-10)3-6-15-9/h3,6-7H,1-2,4-5H2,(H,13,14). The molecule has 1 N–H and O–H groups in total. The number of carbonyl (C=O) groups is 1. The molecule has 2 aromatic rings. The predicted molar refractivity (Wildman–Crippen MR) is 72.0 cm³/mol. The van der Waals surface area contributed by atoms with Crippen molar-refractivity contribution in [2.75, 3.05) is 12.4 Å². The summed E-state index contributed by atoms with van der Waals surface area (Å²) in [5.74, 6) is 0.688. The minimum absolute atomic E-state index is 0.0305. The van der Waals surface area contributed by atoms with Crippen LogP contribution in [0.2, 0.25) is 0 Å². The number of nitrogens with one attached hydrogen (secondary N) is 1. The van der Waals surface area contributed by atoms with Crippen molar-refractivity contribution in [3.63, 3.8) is 0 Å². The summed E-state index contributed by atoms with van der Waals surface area (Å²) >= 11 is 8.78. The van der Waals surface area contributed by atoms with Crippen molar-refractivity contribution < 1.29 is 4.79 Å². The third-order valence-corrected chi connectivity index (χ3v) is 4.57. The zero-order valence-corrected chi connectivity index (χ0v) is 11.1. The Labute approximate surface area is 107 Å². The summed E-state index contributed by atoms with van der Waals surface area (Å²) in [5.41, 5.74) is 0. The minimum atomic E-state index is 0.0305. The molecule has 2 rings (SSSR count). The van der Waals surface area contributed by atoms with Crippen LogP contribution in [-0.4, -0.2) is 18.3 Å². The highest BCUT2D eigenvalue weighted by Crippen LogP contribution is 2.29. The normalized spacial score (nSPS) is 10.8. The van der Waals surface area contributed by atoms with Crippen LogP contribution < -0.4 is 5.32 Å². The van der Waals surface area contributed by atoms with Crippen molar-refractivity contribution in [2.24, 2.45) is 0 Å². The Bertz CT molecular complexity index is 448. The van der Waals surface area contributed by atoms with Gasteiger partial charge < -0.3 is 5.32 Å². The van der Waals surface area contributed by atoms with Gasteiger partial charge in [-0.05, 0) is 30.4 Å². The van der Waals surface area contributed by atoms with Crippen molar-refractivity contribution in [2.45, 2.75) is 12.8 Å². The van der Waals surface area contributed by atoms with Crippen molar-refractivity contribution in [1.29, 1.82) is 0 Å². The van der Waals surface area contributed by atoms with Crippen LogP contribution in [0.4, 0.5) is 0 Å². The van der Waals surface area contributed by atoms with Gasteiger partial charge in [0.1, 0.15) is 0 Å². The molecule has 0 aliphatic rings. The number of rotatable bonds is 5. The van der Waals surface area contributed by atoms with Gasteiger partial charge in [-0.2, -0.15) is 0 Å². The summed E-state index contributed by atoms with van der Waals surface area (Å²) < 4.78 is 2.38. The van der Waals surface area contributed by atoms with Gasteiger partial charge in [-0.15, -0.1) is 34.3 Å².